The Morgan fingerprint density at radius 1 is 1.08 bits per heavy atom. The Morgan fingerprint density at radius 3 is 2.31 bits per heavy atom. The molecule has 26 heavy (non-hydrogen) atoms. The summed E-state index contributed by atoms with van der Waals surface area (Å²) in [5.74, 6) is 0.124. The number of rotatable bonds is 0. The summed E-state index contributed by atoms with van der Waals surface area (Å²) >= 11 is 0. The van der Waals surface area contributed by atoms with Crippen LogP contribution in [0.25, 0.3) is 0 Å². The molecule has 0 saturated carbocycles. The third-order valence-electron chi connectivity index (χ3n) is 5.90. The standard InChI is InChI=1S/C21H39NO4/c1-14-8-7-9-21(6,26)12-15(2)13-22-18(24)11-17(23)20(4,5)19(25)16(3)10-14/h14-17,23,26H,7-13H2,1-6H3,(H,22,24)/t14?,15-,16?,17?,21+/m0/s1. The first-order chi connectivity index (χ1) is 11.8. The van der Waals surface area contributed by atoms with Gasteiger partial charge in [-0.05, 0) is 38.0 Å². The maximum Gasteiger partial charge on any atom is 0.222 e. The fraction of sp³-hybridized carbons (Fsp3) is 0.905. The average molecular weight is 370 g/mol. The second-order valence-corrected chi connectivity index (χ2v) is 9.55. The summed E-state index contributed by atoms with van der Waals surface area (Å²) in [6.07, 6.45) is 2.93. The molecule has 0 aromatic carbocycles. The monoisotopic (exact) mass is 369 g/mol. The largest absolute Gasteiger partial charge is 0.392 e. The van der Waals surface area contributed by atoms with Crippen molar-refractivity contribution in [2.75, 3.05) is 6.54 Å². The summed E-state index contributed by atoms with van der Waals surface area (Å²) < 4.78 is 0. The van der Waals surface area contributed by atoms with Crippen LogP contribution in [0.5, 0.6) is 0 Å². The van der Waals surface area contributed by atoms with E-state index in [1.54, 1.807) is 13.8 Å². The van der Waals surface area contributed by atoms with E-state index in [-0.39, 0.29) is 29.9 Å². The fourth-order valence-electron chi connectivity index (χ4n) is 4.17. The lowest BCUT2D eigenvalue weighted by Crippen LogP contribution is -2.44. The molecule has 1 rings (SSSR count). The summed E-state index contributed by atoms with van der Waals surface area (Å²) in [6, 6.07) is 0. The molecule has 1 saturated heterocycles. The highest BCUT2D eigenvalue weighted by molar-refractivity contribution is 5.87. The van der Waals surface area contributed by atoms with Gasteiger partial charge in [0.1, 0.15) is 5.78 Å². The molecule has 0 bridgehead atoms. The van der Waals surface area contributed by atoms with Crippen LogP contribution < -0.4 is 5.32 Å². The second-order valence-electron chi connectivity index (χ2n) is 9.55. The Bertz CT molecular complexity index is 486. The summed E-state index contributed by atoms with van der Waals surface area (Å²) in [4.78, 5) is 25.0. The molecule has 0 aromatic rings. The quantitative estimate of drug-likeness (QED) is 0.612. The van der Waals surface area contributed by atoms with Crippen molar-refractivity contribution in [1.29, 1.82) is 0 Å². The maximum atomic E-state index is 12.8. The normalized spacial score (nSPS) is 38.6. The maximum absolute atomic E-state index is 12.8. The minimum Gasteiger partial charge on any atom is -0.392 e. The lowest BCUT2D eigenvalue weighted by atomic mass is 9.73. The number of Topliss-reactive ketones (excluding diaryl/α,β-unsaturated/α-hetero) is 1. The van der Waals surface area contributed by atoms with Crippen molar-refractivity contribution in [1.82, 2.24) is 5.32 Å². The molecule has 1 aliphatic rings. The number of aliphatic hydroxyl groups is 2. The Morgan fingerprint density at radius 2 is 1.69 bits per heavy atom. The summed E-state index contributed by atoms with van der Waals surface area (Å²) in [5, 5.41) is 23.9. The number of ketones is 1. The number of nitrogens with one attached hydrogen (secondary N) is 1. The predicted molar refractivity (Wildman–Crippen MR) is 104 cm³/mol. The van der Waals surface area contributed by atoms with Crippen molar-refractivity contribution < 1.29 is 19.8 Å². The van der Waals surface area contributed by atoms with Gasteiger partial charge in [-0.3, -0.25) is 9.59 Å². The Balaban J connectivity index is 2.92. The van der Waals surface area contributed by atoms with E-state index in [9.17, 15) is 19.8 Å². The third-order valence-corrected chi connectivity index (χ3v) is 5.90. The zero-order valence-electron chi connectivity index (χ0n) is 17.5. The summed E-state index contributed by atoms with van der Waals surface area (Å²) in [5.41, 5.74) is -1.69. The molecule has 1 heterocycles. The number of aliphatic hydroxyl groups excluding tert-OH is 1. The van der Waals surface area contributed by atoms with Crippen LogP contribution in [0.1, 0.15) is 80.1 Å². The van der Waals surface area contributed by atoms with Gasteiger partial charge in [0.25, 0.3) is 0 Å². The molecule has 1 amide bonds. The minimum absolute atomic E-state index is 0.0112. The van der Waals surface area contributed by atoms with Crippen LogP contribution in [0.4, 0.5) is 0 Å². The van der Waals surface area contributed by atoms with Crippen molar-refractivity contribution in [3.05, 3.63) is 0 Å². The highest BCUT2D eigenvalue weighted by atomic mass is 16.3. The SMILES string of the molecule is CC1CCC[C@@](C)(O)C[C@H](C)CNC(=O)CC(O)C(C)(C)C(=O)C(C)C1. The molecular weight excluding hydrogens is 330 g/mol. The van der Waals surface area contributed by atoms with Gasteiger partial charge in [0.05, 0.1) is 23.5 Å². The minimum atomic E-state index is -1.00. The van der Waals surface area contributed by atoms with E-state index < -0.39 is 17.1 Å². The van der Waals surface area contributed by atoms with E-state index in [4.69, 9.17) is 0 Å². The molecule has 5 atom stereocenters. The van der Waals surface area contributed by atoms with Crippen LogP contribution >= 0.6 is 0 Å². The highest BCUT2D eigenvalue weighted by Gasteiger charge is 2.39. The summed E-state index contributed by atoms with van der Waals surface area (Å²) in [7, 11) is 0. The van der Waals surface area contributed by atoms with Crippen LogP contribution in [0.2, 0.25) is 0 Å². The van der Waals surface area contributed by atoms with E-state index in [1.807, 2.05) is 20.8 Å². The number of amides is 1. The van der Waals surface area contributed by atoms with Gasteiger partial charge in [0.2, 0.25) is 5.91 Å². The molecule has 3 N–H and O–H groups in total. The molecule has 1 aliphatic heterocycles. The van der Waals surface area contributed by atoms with Crippen molar-refractivity contribution >= 4 is 11.7 Å². The van der Waals surface area contributed by atoms with Crippen LogP contribution in [0, 0.1) is 23.2 Å². The van der Waals surface area contributed by atoms with Gasteiger partial charge in [0.15, 0.2) is 0 Å². The molecule has 0 spiro atoms. The zero-order valence-corrected chi connectivity index (χ0v) is 17.5. The van der Waals surface area contributed by atoms with E-state index in [2.05, 4.69) is 12.2 Å². The number of hydrogen-bond donors (Lipinski definition) is 3. The molecule has 0 aliphatic carbocycles. The molecular formula is C21H39NO4. The average Bonchev–Trinajstić information content (AvgIpc) is 2.50. The van der Waals surface area contributed by atoms with Crippen LogP contribution in [-0.4, -0.2) is 40.2 Å². The third kappa shape index (κ3) is 6.99. The van der Waals surface area contributed by atoms with Crippen molar-refractivity contribution in [2.45, 2.75) is 91.8 Å². The molecule has 5 heteroatoms. The smallest absolute Gasteiger partial charge is 0.222 e. The number of carbonyl (C=O) groups excluding carboxylic acids is 2. The van der Waals surface area contributed by atoms with Crippen molar-refractivity contribution in [2.24, 2.45) is 23.2 Å². The van der Waals surface area contributed by atoms with Gasteiger partial charge in [-0.15, -0.1) is 0 Å². The van der Waals surface area contributed by atoms with Crippen LogP contribution in [-0.2, 0) is 9.59 Å². The number of carbonyl (C=O) groups is 2. The predicted octanol–water partition coefficient (Wildman–Crippen LogP) is 3.07. The fourth-order valence-corrected chi connectivity index (χ4v) is 4.17. The summed E-state index contributed by atoms with van der Waals surface area (Å²) in [6.45, 7) is 11.8. The van der Waals surface area contributed by atoms with Gasteiger partial charge < -0.3 is 15.5 Å². The zero-order chi connectivity index (χ0) is 20.1. The topological polar surface area (TPSA) is 86.6 Å². The van der Waals surface area contributed by atoms with Gasteiger partial charge >= 0.3 is 0 Å². The highest BCUT2D eigenvalue weighted by Crippen LogP contribution is 2.32. The molecule has 0 aromatic heterocycles. The van der Waals surface area contributed by atoms with E-state index in [0.717, 1.165) is 25.7 Å². The molecule has 0 radical (unpaired) electrons. The first kappa shape index (κ1) is 23.1. The Kier molecular flexibility index (Phi) is 8.28. The van der Waals surface area contributed by atoms with Crippen molar-refractivity contribution in [3.63, 3.8) is 0 Å². The van der Waals surface area contributed by atoms with Gasteiger partial charge in [-0.1, -0.05) is 47.5 Å². The van der Waals surface area contributed by atoms with E-state index in [1.165, 1.54) is 0 Å². The first-order valence-electron chi connectivity index (χ1n) is 10.1. The molecule has 152 valence electrons. The Hall–Kier alpha value is -0.940. The molecule has 3 unspecified atom stereocenters. The van der Waals surface area contributed by atoms with Crippen molar-refractivity contribution in [3.8, 4) is 0 Å². The van der Waals surface area contributed by atoms with Gasteiger partial charge in [-0.2, -0.15) is 0 Å². The van der Waals surface area contributed by atoms with E-state index in [0.29, 0.717) is 18.9 Å². The Labute approximate surface area is 158 Å². The second kappa shape index (κ2) is 9.32. The van der Waals surface area contributed by atoms with Gasteiger partial charge in [-0.25, -0.2) is 0 Å². The van der Waals surface area contributed by atoms with E-state index >= 15 is 0 Å². The van der Waals surface area contributed by atoms with Crippen LogP contribution in [0.3, 0.4) is 0 Å². The van der Waals surface area contributed by atoms with Crippen LogP contribution in [0.15, 0.2) is 0 Å². The number of hydrogen-bond acceptors (Lipinski definition) is 4. The first-order valence-corrected chi connectivity index (χ1v) is 10.1. The lowest BCUT2D eigenvalue weighted by Gasteiger charge is -2.33. The molecule has 1 fully saturated rings. The van der Waals surface area contributed by atoms with Gasteiger partial charge in [0, 0.05) is 12.5 Å². The molecule has 5 nitrogen and oxygen atoms in total. The lowest BCUT2D eigenvalue weighted by molar-refractivity contribution is -0.139.